The second kappa shape index (κ2) is 6.61. The number of anilines is 2. The zero-order valence-corrected chi connectivity index (χ0v) is 10.6. The van der Waals surface area contributed by atoms with E-state index in [4.69, 9.17) is 22.1 Å². The van der Waals surface area contributed by atoms with Gasteiger partial charge in [0.2, 0.25) is 0 Å². The summed E-state index contributed by atoms with van der Waals surface area (Å²) in [5.41, 5.74) is 7.66. The van der Waals surface area contributed by atoms with Crippen molar-refractivity contribution in [2.45, 2.75) is 13.8 Å². The highest BCUT2D eigenvalue weighted by atomic mass is 35.5. The minimum Gasteiger partial charge on any atom is -0.397 e. The van der Waals surface area contributed by atoms with Gasteiger partial charge in [0, 0.05) is 24.7 Å². The van der Waals surface area contributed by atoms with Crippen LogP contribution in [0.15, 0.2) is 18.2 Å². The molecule has 0 aliphatic rings. The number of nitrogens with two attached hydrogens (primary N) is 1. The molecule has 0 heterocycles. The molecule has 90 valence electrons. The number of benzene rings is 1. The zero-order chi connectivity index (χ0) is 12.0. The van der Waals surface area contributed by atoms with Gasteiger partial charge in [-0.15, -0.1) is 0 Å². The molecule has 0 amide bonds. The largest absolute Gasteiger partial charge is 0.397 e. The Hall–Kier alpha value is -0.930. The lowest BCUT2D eigenvalue weighted by Crippen LogP contribution is -2.27. The van der Waals surface area contributed by atoms with E-state index < -0.39 is 0 Å². The van der Waals surface area contributed by atoms with Crippen molar-refractivity contribution in [3.05, 3.63) is 23.2 Å². The van der Waals surface area contributed by atoms with Crippen molar-refractivity contribution in [2.24, 2.45) is 0 Å². The first kappa shape index (κ1) is 13.1. The smallest absolute Gasteiger partial charge is 0.0641 e. The molecule has 0 aromatic heterocycles. The van der Waals surface area contributed by atoms with Crippen LogP contribution in [0.2, 0.25) is 5.02 Å². The fourth-order valence-electron chi connectivity index (χ4n) is 1.56. The lowest BCUT2D eigenvalue weighted by atomic mass is 10.2. The van der Waals surface area contributed by atoms with Gasteiger partial charge in [0.25, 0.3) is 0 Å². The maximum absolute atomic E-state index is 5.97. The summed E-state index contributed by atoms with van der Waals surface area (Å²) in [6.45, 7) is 7.24. The summed E-state index contributed by atoms with van der Waals surface area (Å²) in [6.07, 6.45) is 0. The summed E-state index contributed by atoms with van der Waals surface area (Å²) in [5.74, 6) is 0. The van der Waals surface area contributed by atoms with Crippen LogP contribution in [0.1, 0.15) is 13.8 Å². The fourth-order valence-corrected chi connectivity index (χ4v) is 1.73. The molecule has 3 nitrogen and oxygen atoms in total. The van der Waals surface area contributed by atoms with Crippen molar-refractivity contribution in [1.29, 1.82) is 0 Å². The molecule has 1 aromatic rings. The van der Waals surface area contributed by atoms with Gasteiger partial charge in [-0.05, 0) is 32.0 Å². The third kappa shape index (κ3) is 3.58. The first-order valence-corrected chi connectivity index (χ1v) is 5.94. The van der Waals surface area contributed by atoms with E-state index in [1.807, 2.05) is 19.1 Å². The van der Waals surface area contributed by atoms with Crippen LogP contribution >= 0.6 is 11.6 Å². The topological polar surface area (TPSA) is 38.5 Å². The Kier molecular flexibility index (Phi) is 5.43. The Morgan fingerprint density at radius 1 is 1.38 bits per heavy atom. The number of likely N-dealkylation sites (N-methyl/N-ethyl adjacent to an activating group) is 1. The van der Waals surface area contributed by atoms with Crippen LogP contribution < -0.4 is 10.6 Å². The number of hydrogen-bond acceptors (Lipinski definition) is 3. The van der Waals surface area contributed by atoms with E-state index in [2.05, 4.69) is 11.8 Å². The molecule has 16 heavy (non-hydrogen) atoms. The number of nitrogens with zero attached hydrogens (tertiary/aromatic N) is 1. The summed E-state index contributed by atoms with van der Waals surface area (Å²) in [4.78, 5) is 2.16. The van der Waals surface area contributed by atoms with Gasteiger partial charge < -0.3 is 15.4 Å². The normalized spacial score (nSPS) is 10.4. The van der Waals surface area contributed by atoms with Crippen LogP contribution in [-0.2, 0) is 4.74 Å². The van der Waals surface area contributed by atoms with E-state index in [0.29, 0.717) is 11.6 Å². The van der Waals surface area contributed by atoms with Gasteiger partial charge in [-0.3, -0.25) is 0 Å². The minimum absolute atomic E-state index is 0.705. The molecule has 0 bridgehead atoms. The van der Waals surface area contributed by atoms with E-state index in [1.165, 1.54) is 0 Å². The summed E-state index contributed by atoms with van der Waals surface area (Å²) in [5, 5.41) is 0.707. The maximum atomic E-state index is 5.97. The van der Waals surface area contributed by atoms with Crippen molar-refractivity contribution >= 4 is 23.0 Å². The second-order valence-electron chi connectivity index (χ2n) is 3.48. The fraction of sp³-hybridized carbons (Fsp3) is 0.500. The Bertz CT molecular complexity index is 331. The van der Waals surface area contributed by atoms with Crippen molar-refractivity contribution in [3.8, 4) is 0 Å². The van der Waals surface area contributed by atoms with Crippen molar-refractivity contribution in [2.75, 3.05) is 36.9 Å². The molecule has 0 fully saturated rings. The Labute approximate surface area is 102 Å². The predicted octanol–water partition coefficient (Wildman–Crippen LogP) is 2.79. The van der Waals surface area contributed by atoms with E-state index in [1.54, 1.807) is 6.07 Å². The number of hydrogen-bond donors (Lipinski definition) is 1. The zero-order valence-electron chi connectivity index (χ0n) is 9.87. The quantitative estimate of drug-likeness (QED) is 0.616. The standard InChI is InChI=1S/C12H19ClN2O/c1-3-15(7-8-16-4-2)12-9-10(13)5-6-11(12)14/h5-6,9H,3-4,7-8,14H2,1-2H3. The third-order valence-corrected chi connectivity index (χ3v) is 2.66. The van der Waals surface area contributed by atoms with Crippen molar-refractivity contribution < 1.29 is 4.74 Å². The van der Waals surface area contributed by atoms with Crippen LogP contribution in [0.25, 0.3) is 0 Å². The van der Waals surface area contributed by atoms with Gasteiger partial charge in [-0.25, -0.2) is 0 Å². The molecule has 4 heteroatoms. The summed E-state index contributed by atoms with van der Waals surface area (Å²) < 4.78 is 5.34. The van der Waals surface area contributed by atoms with Gasteiger partial charge in [-0.2, -0.15) is 0 Å². The minimum atomic E-state index is 0.705. The lowest BCUT2D eigenvalue weighted by molar-refractivity contribution is 0.154. The van der Waals surface area contributed by atoms with Crippen LogP contribution in [-0.4, -0.2) is 26.3 Å². The molecule has 1 aromatic carbocycles. The molecular formula is C12H19ClN2O. The van der Waals surface area contributed by atoms with Gasteiger partial charge in [0.15, 0.2) is 0 Å². The van der Waals surface area contributed by atoms with Crippen molar-refractivity contribution in [3.63, 3.8) is 0 Å². The molecule has 0 radical (unpaired) electrons. The number of nitrogen functional groups attached to an aromatic ring is 1. The van der Waals surface area contributed by atoms with E-state index >= 15 is 0 Å². The first-order valence-electron chi connectivity index (χ1n) is 5.56. The Balaban J connectivity index is 2.73. The van der Waals surface area contributed by atoms with E-state index in [-0.39, 0.29) is 0 Å². The van der Waals surface area contributed by atoms with E-state index in [0.717, 1.165) is 31.1 Å². The van der Waals surface area contributed by atoms with Crippen LogP contribution in [0.4, 0.5) is 11.4 Å². The average molecular weight is 243 g/mol. The van der Waals surface area contributed by atoms with Gasteiger partial charge >= 0.3 is 0 Å². The molecule has 0 aliphatic carbocycles. The monoisotopic (exact) mass is 242 g/mol. The summed E-state index contributed by atoms with van der Waals surface area (Å²) in [7, 11) is 0. The summed E-state index contributed by atoms with van der Waals surface area (Å²) in [6, 6.07) is 5.53. The van der Waals surface area contributed by atoms with Gasteiger partial charge in [-0.1, -0.05) is 11.6 Å². The molecule has 0 aliphatic heterocycles. The van der Waals surface area contributed by atoms with Crippen LogP contribution in [0.5, 0.6) is 0 Å². The molecule has 0 atom stereocenters. The maximum Gasteiger partial charge on any atom is 0.0641 e. The first-order chi connectivity index (χ1) is 7.69. The Morgan fingerprint density at radius 3 is 2.75 bits per heavy atom. The highest BCUT2D eigenvalue weighted by molar-refractivity contribution is 6.31. The Morgan fingerprint density at radius 2 is 2.12 bits per heavy atom. The molecule has 2 N–H and O–H groups in total. The van der Waals surface area contributed by atoms with Crippen LogP contribution in [0, 0.1) is 0 Å². The highest BCUT2D eigenvalue weighted by Gasteiger charge is 2.08. The van der Waals surface area contributed by atoms with Crippen LogP contribution in [0.3, 0.4) is 0 Å². The molecule has 0 spiro atoms. The number of rotatable bonds is 6. The van der Waals surface area contributed by atoms with E-state index in [9.17, 15) is 0 Å². The SMILES string of the molecule is CCOCCN(CC)c1cc(Cl)ccc1N. The summed E-state index contributed by atoms with van der Waals surface area (Å²) >= 11 is 5.97. The molecule has 0 saturated carbocycles. The van der Waals surface area contributed by atoms with Gasteiger partial charge in [0.1, 0.15) is 0 Å². The molecular weight excluding hydrogens is 224 g/mol. The molecule has 0 saturated heterocycles. The number of ether oxygens (including phenoxy) is 1. The molecule has 1 rings (SSSR count). The third-order valence-electron chi connectivity index (χ3n) is 2.42. The lowest BCUT2D eigenvalue weighted by Gasteiger charge is -2.24. The van der Waals surface area contributed by atoms with Crippen molar-refractivity contribution in [1.82, 2.24) is 0 Å². The molecule has 0 unspecified atom stereocenters. The number of halogens is 1. The second-order valence-corrected chi connectivity index (χ2v) is 3.92. The van der Waals surface area contributed by atoms with Gasteiger partial charge in [0.05, 0.1) is 18.0 Å². The predicted molar refractivity (Wildman–Crippen MR) is 70.2 cm³/mol. The highest BCUT2D eigenvalue weighted by Crippen LogP contribution is 2.26. The average Bonchev–Trinajstić information content (AvgIpc) is 2.28.